The first-order chi connectivity index (χ1) is 14.2. The molecule has 1 saturated heterocycles. The van der Waals surface area contributed by atoms with Crippen LogP contribution in [0.25, 0.3) is 10.4 Å². The molecule has 5 heteroatoms. The van der Waals surface area contributed by atoms with Crippen LogP contribution in [0.2, 0.25) is 0 Å². The summed E-state index contributed by atoms with van der Waals surface area (Å²) in [6.45, 7) is 1.79. The van der Waals surface area contributed by atoms with Crippen molar-refractivity contribution in [3.05, 3.63) is 83.2 Å². The molecule has 2 aromatic carbocycles. The topological polar surface area (TPSA) is 49.4 Å². The third-order valence-electron chi connectivity index (χ3n) is 5.40. The summed E-state index contributed by atoms with van der Waals surface area (Å²) in [5.41, 5.74) is 2.93. The van der Waals surface area contributed by atoms with Crippen LogP contribution in [0.1, 0.15) is 28.8 Å². The summed E-state index contributed by atoms with van der Waals surface area (Å²) >= 11 is 1.69. The molecule has 1 N–H and O–H groups in total. The van der Waals surface area contributed by atoms with E-state index in [1.165, 1.54) is 4.88 Å². The average Bonchev–Trinajstić information content (AvgIpc) is 3.33. The van der Waals surface area contributed by atoms with E-state index in [4.69, 9.17) is 0 Å². The number of rotatable bonds is 5. The molecule has 29 heavy (non-hydrogen) atoms. The van der Waals surface area contributed by atoms with E-state index >= 15 is 0 Å². The Morgan fingerprint density at radius 1 is 0.931 bits per heavy atom. The van der Waals surface area contributed by atoms with Gasteiger partial charge >= 0.3 is 0 Å². The quantitative estimate of drug-likeness (QED) is 0.676. The van der Waals surface area contributed by atoms with Crippen molar-refractivity contribution in [2.75, 3.05) is 13.1 Å². The molecule has 0 bridgehead atoms. The van der Waals surface area contributed by atoms with Gasteiger partial charge in [0.1, 0.15) is 0 Å². The highest BCUT2D eigenvalue weighted by Crippen LogP contribution is 2.25. The van der Waals surface area contributed by atoms with E-state index in [0.29, 0.717) is 38.0 Å². The Morgan fingerprint density at radius 3 is 2.31 bits per heavy atom. The van der Waals surface area contributed by atoms with Crippen LogP contribution in [0.15, 0.2) is 72.1 Å². The fourth-order valence-electron chi connectivity index (χ4n) is 3.68. The van der Waals surface area contributed by atoms with Crippen LogP contribution in [0.4, 0.5) is 0 Å². The van der Waals surface area contributed by atoms with Crippen molar-refractivity contribution in [2.24, 2.45) is 5.92 Å². The Kier molecular flexibility index (Phi) is 6.06. The molecule has 148 valence electrons. The van der Waals surface area contributed by atoms with Crippen molar-refractivity contribution >= 4 is 23.2 Å². The standard InChI is InChI=1S/C24H24N2O2S/c27-23(25-17-18-5-2-1-3-6-18)20-12-14-26(15-13-20)24(28)21-10-8-19(9-11-21)22-7-4-16-29-22/h1-11,16,20H,12-15,17H2,(H,25,27). The Hall–Kier alpha value is -2.92. The second kappa shape index (κ2) is 9.05. The molecule has 0 spiro atoms. The zero-order valence-electron chi connectivity index (χ0n) is 16.2. The maximum absolute atomic E-state index is 12.8. The van der Waals surface area contributed by atoms with Gasteiger partial charge in [-0.2, -0.15) is 0 Å². The molecule has 4 rings (SSSR count). The number of amides is 2. The molecule has 0 unspecified atom stereocenters. The zero-order valence-corrected chi connectivity index (χ0v) is 17.0. The molecule has 1 aromatic heterocycles. The lowest BCUT2D eigenvalue weighted by Crippen LogP contribution is -2.42. The highest BCUT2D eigenvalue weighted by atomic mass is 32.1. The van der Waals surface area contributed by atoms with Gasteiger partial charge in [0.15, 0.2) is 0 Å². The van der Waals surface area contributed by atoms with Crippen LogP contribution in [0, 0.1) is 5.92 Å². The molecule has 2 heterocycles. The van der Waals surface area contributed by atoms with E-state index in [0.717, 1.165) is 11.1 Å². The van der Waals surface area contributed by atoms with Gasteiger partial charge in [0.05, 0.1) is 0 Å². The van der Waals surface area contributed by atoms with Gasteiger partial charge in [0.2, 0.25) is 5.91 Å². The van der Waals surface area contributed by atoms with E-state index < -0.39 is 0 Å². The number of likely N-dealkylation sites (tertiary alicyclic amines) is 1. The van der Waals surface area contributed by atoms with Gasteiger partial charge < -0.3 is 10.2 Å². The second-order valence-electron chi connectivity index (χ2n) is 7.32. The minimum atomic E-state index is -0.0241. The number of benzene rings is 2. The summed E-state index contributed by atoms with van der Waals surface area (Å²) in [5, 5.41) is 5.07. The monoisotopic (exact) mass is 404 g/mol. The highest BCUT2D eigenvalue weighted by Gasteiger charge is 2.27. The van der Waals surface area contributed by atoms with Gasteiger partial charge in [-0.1, -0.05) is 48.5 Å². The summed E-state index contributed by atoms with van der Waals surface area (Å²) in [5.74, 6) is 0.107. The molecule has 3 aromatic rings. The van der Waals surface area contributed by atoms with Crippen molar-refractivity contribution in [3.8, 4) is 10.4 Å². The first-order valence-electron chi connectivity index (χ1n) is 9.95. The summed E-state index contributed by atoms with van der Waals surface area (Å²) in [4.78, 5) is 28.3. The molecular formula is C24H24N2O2S. The fraction of sp³-hybridized carbons (Fsp3) is 0.250. The van der Waals surface area contributed by atoms with Gasteiger partial charge in [-0.3, -0.25) is 9.59 Å². The maximum Gasteiger partial charge on any atom is 0.253 e. The summed E-state index contributed by atoms with van der Waals surface area (Å²) in [6.07, 6.45) is 1.42. The number of hydrogen-bond acceptors (Lipinski definition) is 3. The lowest BCUT2D eigenvalue weighted by Gasteiger charge is -2.31. The third kappa shape index (κ3) is 4.74. The Bertz CT molecular complexity index is 944. The summed E-state index contributed by atoms with van der Waals surface area (Å²) in [7, 11) is 0. The number of hydrogen-bond donors (Lipinski definition) is 1. The molecule has 0 atom stereocenters. The first kappa shape index (κ1) is 19.4. The summed E-state index contributed by atoms with van der Waals surface area (Å²) in [6, 6.07) is 21.8. The molecule has 0 radical (unpaired) electrons. The normalized spacial score (nSPS) is 14.6. The van der Waals surface area contributed by atoms with Gasteiger partial charge in [0.25, 0.3) is 5.91 Å². The number of thiophene rings is 1. The number of carbonyl (C=O) groups is 2. The van der Waals surface area contributed by atoms with E-state index in [2.05, 4.69) is 16.8 Å². The van der Waals surface area contributed by atoms with Crippen LogP contribution in [0.3, 0.4) is 0 Å². The van der Waals surface area contributed by atoms with E-state index in [9.17, 15) is 9.59 Å². The van der Waals surface area contributed by atoms with Gasteiger partial charge in [-0.25, -0.2) is 0 Å². The van der Waals surface area contributed by atoms with Crippen molar-refractivity contribution in [1.29, 1.82) is 0 Å². The predicted molar refractivity (Wildman–Crippen MR) is 117 cm³/mol. The van der Waals surface area contributed by atoms with Crippen molar-refractivity contribution in [2.45, 2.75) is 19.4 Å². The van der Waals surface area contributed by atoms with Gasteiger partial charge in [0, 0.05) is 36.0 Å². The van der Waals surface area contributed by atoms with Crippen LogP contribution in [-0.4, -0.2) is 29.8 Å². The number of piperidine rings is 1. The molecule has 1 aliphatic heterocycles. The smallest absolute Gasteiger partial charge is 0.253 e. The molecular weight excluding hydrogens is 380 g/mol. The predicted octanol–water partition coefficient (Wildman–Crippen LogP) is 4.58. The molecule has 0 aliphatic carbocycles. The van der Waals surface area contributed by atoms with E-state index in [1.54, 1.807) is 11.3 Å². The SMILES string of the molecule is O=C(NCc1ccccc1)C1CCN(C(=O)c2ccc(-c3cccs3)cc2)CC1. The lowest BCUT2D eigenvalue weighted by molar-refractivity contribution is -0.126. The third-order valence-corrected chi connectivity index (χ3v) is 6.32. The maximum atomic E-state index is 12.8. The van der Waals surface area contributed by atoms with E-state index in [1.807, 2.05) is 65.6 Å². The van der Waals surface area contributed by atoms with Crippen LogP contribution >= 0.6 is 11.3 Å². The van der Waals surface area contributed by atoms with Crippen molar-refractivity contribution in [1.82, 2.24) is 10.2 Å². The molecule has 1 fully saturated rings. The number of nitrogens with zero attached hydrogens (tertiary/aromatic N) is 1. The van der Waals surface area contributed by atoms with Gasteiger partial charge in [-0.05, 0) is 47.5 Å². The van der Waals surface area contributed by atoms with Crippen LogP contribution in [0.5, 0.6) is 0 Å². The fourth-order valence-corrected chi connectivity index (χ4v) is 4.41. The number of nitrogens with one attached hydrogen (secondary N) is 1. The highest BCUT2D eigenvalue weighted by molar-refractivity contribution is 7.13. The first-order valence-corrected chi connectivity index (χ1v) is 10.8. The number of carbonyl (C=O) groups excluding carboxylic acids is 2. The lowest BCUT2D eigenvalue weighted by atomic mass is 9.95. The van der Waals surface area contributed by atoms with E-state index in [-0.39, 0.29) is 17.7 Å². The Balaban J connectivity index is 1.28. The summed E-state index contributed by atoms with van der Waals surface area (Å²) < 4.78 is 0. The minimum Gasteiger partial charge on any atom is -0.352 e. The van der Waals surface area contributed by atoms with Gasteiger partial charge in [-0.15, -0.1) is 11.3 Å². The zero-order chi connectivity index (χ0) is 20.1. The molecule has 4 nitrogen and oxygen atoms in total. The van der Waals surface area contributed by atoms with Crippen molar-refractivity contribution in [3.63, 3.8) is 0 Å². The Morgan fingerprint density at radius 2 is 1.66 bits per heavy atom. The molecule has 1 aliphatic rings. The second-order valence-corrected chi connectivity index (χ2v) is 8.27. The van der Waals surface area contributed by atoms with Crippen molar-refractivity contribution < 1.29 is 9.59 Å². The Labute approximate surface area is 175 Å². The molecule has 2 amide bonds. The van der Waals surface area contributed by atoms with Crippen LogP contribution < -0.4 is 5.32 Å². The van der Waals surface area contributed by atoms with Crippen LogP contribution in [-0.2, 0) is 11.3 Å². The largest absolute Gasteiger partial charge is 0.352 e. The average molecular weight is 405 g/mol. The minimum absolute atomic E-state index is 0.0241. The molecule has 0 saturated carbocycles.